The molecule has 1 saturated heterocycles. The first-order chi connectivity index (χ1) is 19.0. The molecule has 0 amide bonds. The van der Waals surface area contributed by atoms with Crippen LogP contribution in [0.4, 0.5) is 5.69 Å². The van der Waals surface area contributed by atoms with Crippen LogP contribution in [0.15, 0.2) is 24.3 Å². The van der Waals surface area contributed by atoms with Gasteiger partial charge in [-0.3, -0.25) is 10.1 Å². The minimum atomic E-state index is -0.453. The minimum Gasteiger partial charge on any atom is -0.459 e. The minimum absolute atomic E-state index is 0.0207. The summed E-state index contributed by atoms with van der Waals surface area (Å²) in [5.41, 5.74) is 0.824. The van der Waals surface area contributed by atoms with Gasteiger partial charge in [0, 0.05) is 24.0 Å². The van der Waals surface area contributed by atoms with E-state index in [9.17, 15) is 14.9 Å². The van der Waals surface area contributed by atoms with Crippen molar-refractivity contribution in [3.05, 3.63) is 39.9 Å². The Morgan fingerprint density at radius 3 is 2.50 bits per heavy atom. The first kappa shape index (κ1) is 28.2. The van der Waals surface area contributed by atoms with Gasteiger partial charge in [0.05, 0.1) is 16.6 Å². The van der Waals surface area contributed by atoms with Gasteiger partial charge in [0.2, 0.25) is 0 Å². The Bertz CT molecular complexity index is 1130. The second kappa shape index (κ2) is 10.1. The van der Waals surface area contributed by atoms with Crippen molar-refractivity contribution < 1.29 is 19.2 Å². The smallest absolute Gasteiger partial charge is 0.338 e. The van der Waals surface area contributed by atoms with Crippen molar-refractivity contribution in [1.29, 1.82) is 0 Å². The van der Waals surface area contributed by atoms with E-state index in [1.807, 2.05) is 0 Å². The summed E-state index contributed by atoms with van der Waals surface area (Å²) >= 11 is 0. The van der Waals surface area contributed by atoms with Crippen molar-refractivity contribution in [3.8, 4) is 0 Å². The topological polar surface area (TPSA) is 82.0 Å². The van der Waals surface area contributed by atoms with E-state index in [0.29, 0.717) is 23.0 Å². The number of fused-ring (bicyclic) bond motifs is 4. The van der Waals surface area contributed by atoms with Crippen LogP contribution < -0.4 is 0 Å². The molecule has 5 fully saturated rings. The number of nitrogens with zero attached hydrogens (tertiary/aromatic N) is 1. The second-order valence-corrected chi connectivity index (χ2v) is 15.1. The summed E-state index contributed by atoms with van der Waals surface area (Å²) in [6, 6.07) is 5.72. The zero-order valence-electron chi connectivity index (χ0n) is 25.2. The monoisotopic (exact) mass is 551 g/mol. The molecule has 6 heteroatoms. The molecule has 0 N–H and O–H groups in total. The molecule has 0 aromatic heterocycles. The lowest BCUT2D eigenvalue weighted by Crippen LogP contribution is -2.59. The lowest BCUT2D eigenvalue weighted by molar-refractivity contribution is -0.384. The molecule has 1 aromatic carbocycles. The number of esters is 1. The highest BCUT2D eigenvalue weighted by atomic mass is 16.6. The zero-order valence-corrected chi connectivity index (χ0v) is 25.2. The van der Waals surface area contributed by atoms with E-state index < -0.39 is 10.9 Å². The van der Waals surface area contributed by atoms with Gasteiger partial charge in [0.15, 0.2) is 0 Å². The molecule has 1 aliphatic heterocycles. The SMILES string of the molecule is CC(C)CCC[C@H](C)[C@@H]1CC[C@@H]2[C@@H]3C[C@@H]4O[C@@]45C[C@H](OC(=O)c4ccc([N+](=O)[O-])cc4)CC[C@]5(C)[C@@H]3CC[C@@]21C. The van der Waals surface area contributed by atoms with Crippen molar-refractivity contribution in [3.63, 3.8) is 0 Å². The molecule has 0 unspecified atom stereocenters. The number of carbonyl (C=O) groups is 1. The summed E-state index contributed by atoms with van der Waals surface area (Å²) in [5, 5.41) is 11.0. The number of benzene rings is 1. The molecule has 4 saturated carbocycles. The van der Waals surface area contributed by atoms with Crippen molar-refractivity contribution >= 4 is 11.7 Å². The summed E-state index contributed by atoms with van der Waals surface area (Å²) in [6.45, 7) is 12.4. The van der Waals surface area contributed by atoms with Crippen LogP contribution in [-0.4, -0.2) is 28.7 Å². The fourth-order valence-corrected chi connectivity index (χ4v) is 10.7. The molecule has 40 heavy (non-hydrogen) atoms. The third-order valence-electron chi connectivity index (χ3n) is 12.8. The fraction of sp³-hybridized carbons (Fsp3) is 0.794. The van der Waals surface area contributed by atoms with Gasteiger partial charge >= 0.3 is 5.97 Å². The van der Waals surface area contributed by atoms with Crippen LogP contribution in [0.5, 0.6) is 0 Å². The van der Waals surface area contributed by atoms with Gasteiger partial charge in [-0.05, 0) is 98.0 Å². The molecule has 10 atom stereocenters. The van der Waals surface area contributed by atoms with Crippen molar-refractivity contribution in [2.24, 2.45) is 46.3 Å². The molecule has 6 rings (SSSR count). The molecule has 0 radical (unpaired) electrons. The molecular formula is C34H49NO5. The van der Waals surface area contributed by atoms with Crippen LogP contribution >= 0.6 is 0 Å². The van der Waals surface area contributed by atoms with Crippen LogP contribution in [0.1, 0.15) is 116 Å². The molecular weight excluding hydrogens is 502 g/mol. The van der Waals surface area contributed by atoms with Gasteiger partial charge in [0.1, 0.15) is 11.7 Å². The van der Waals surface area contributed by atoms with E-state index in [0.717, 1.165) is 48.9 Å². The van der Waals surface area contributed by atoms with Gasteiger partial charge in [-0.15, -0.1) is 0 Å². The Morgan fingerprint density at radius 1 is 1.05 bits per heavy atom. The first-order valence-electron chi connectivity index (χ1n) is 16.1. The van der Waals surface area contributed by atoms with Gasteiger partial charge in [-0.2, -0.15) is 0 Å². The van der Waals surface area contributed by atoms with E-state index in [2.05, 4.69) is 34.6 Å². The van der Waals surface area contributed by atoms with Crippen molar-refractivity contribution in [2.75, 3.05) is 0 Å². The van der Waals surface area contributed by atoms with Crippen LogP contribution in [0.25, 0.3) is 0 Å². The Labute approximate surface area is 240 Å². The second-order valence-electron chi connectivity index (χ2n) is 15.1. The molecule has 0 bridgehead atoms. The van der Waals surface area contributed by atoms with Crippen molar-refractivity contribution in [2.45, 2.75) is 123 Å². The normalized spacial score (nSPS) is 42.2. The third kappa shape index (κ3) is 4.42. The van der Waals surface area contributed by atoms with Crippen LogP contribution in [0, 0.1) is 56.5 Å². The zero-order chi connectivity index (χ0) is 28.4. The molecule has 220 valence electrons. The molecule has 1 aromatic rings. The standard InChI is InChI=1S/C34H49NO5/c1-21(2)7-6-8-22(3)27-13-14-28-26-19-30-34(40-30)20-25(15-18-33(34,5)29(26)16-17-32(27,28)4)39-31(36)23-9-11-24(12-10-23)35(37)38/h9-12,21-22,25-30H,6-8,13-20H2,1-5H3/t22-,25+,26-,27-,28+,29+,30-,32+,33+,34-/m0/s1. The van der Waals surface area contributed by atoms with E-state index in [1.165, 1.54) is 75.6 Å². The van der Waals surface area contributed by atoms with Crippen LogP contribution in [-0.2, 0) is 9.47 Å². The van der Waals surface area contributed by atoms with Crippen LogP contribution in [0.2, 0.25) is 0 Å². The number of ether oxygens (including phenoxy) is 2. The molecule has 5 aliphatic rings. The van der Waals surface area contributed by atoms with Gasteiger partial charge in [-0.25, -0.2) is 4.79 Å². The largest absolute Gasteiger partial charge is 0.459 e. The Morgan fingerprint density at radius 2 is 1.80 bits per heavy atom. The number of hydrogen-bond acceptors (Lipinski definition) is 5. The lowest BCUT2D eigenvalue weighted by Gasteiger charge is -2.59. The predicted octanol–water partition coefficient (Wildman–Crippen LogP) is 8.37. The highest BCUT2D eigenvalue weighted by molar-refractivity contribution is 5.89. The molecule has 6 nitrogen and oxygen atoms in total. The maximum atomic E-state index is 12.9. The first-order valence-corrected chi connectivity index (χ1v) is 16.1. The van der Waals surface area contributed by atoms with E-state index in [4.69, 9.17) is 9.47 Å². The number of hydrogen-bond donors (Lipinski definition) is 0. The maximum Gasteiger partial charge on any atom is 0.338 e. The number of carbonyl (C=O) groups excluding carboxylic acids is 1. The number of epoxide rings is 1. The van der Waals surface area contributed by atoms with E-state index in [-0.39, 0.29) is 22.8 Å². The average Bonchev–Trinajstić information content (AvgIpc) is 3.49. The fourth-order valence-electron chi connectivity index (χ4n) is 10.7. The van der Waals surface area contributed by atoms with Gasteiger partial charge < -0.3 is 9.47 Å². The Balaban J connectivity index is 1.12. The summed E-state index contributed by atoms with van der Waals surface area (Å²) in [6.07, 6.45) is 13.6. The molecule has 1 spiro atoms. The number of nitro benzene ring substituents is 1. The predicted molar refractivity (Wildman–Crippen MR) is 155 cm³/mol. The number of non-ortho nitro benzene ring substituents is 1. The lowest BCUT2D eigenvalue weighted by atomic mass is 9.44. The average molecular weight is 552 g/mol. The highest BCUT2D eigenvalue weighted by Crippen LogP contribution is 2.74. The summed E-state index contributed by atoms with van der Waals surface area (Å²) < 4.78 is 12.7. The maximum absolute atomic E-state index is 12.9. The van der Waals surface area contributed by atoms with Crippen LogP contribution in [0.3, 0.4) is 0 Å². The summed E-state index contributed by atoms with van der Waals surface area (Å²) in [5.74, 6) is 4.38. The quantitative estimate of drug-likeness (QED) is 0.140. The third-order valence-corrected chi connectivity index (χ3v) is 12.8. The van der Waals surface area contributed by atoms with Crippen molar-refractivity contribution in [1.82, 2.24) is 0 Å². The summed E-state index contributed by atoms with van der Waals surface area (Å²) in [4.78, 5) is 23.4. The summed E-state index contributed by atoms with van der Waals surface area (Å²) in [7, 11) is 0. The molecule has 1 heterocycles. The van der Waals surface area contributed by atoms with Gasteiger partial charge in [-0.1, -0.05) is 53.9 Å². The van der Waals surface area contributed by atoms with Gasteiger partial charge in [0.25, 0.3) is 5.69 Å². The number of nitro groups is 1. The Kier molecular flexibility index (Phi) is 7.12. The Hall–Kier alpha value is -1.95. The van der Waals surface area contributed by atoms with E-state index in [1.54, 1.807) is 0 Å². The number of rotatable bonds is 8. The highest BCUT2D eigenvalue weighted by Gasteiger charge is 2.76. The van der Waals surface area contributed by atoms with E-state index >= 15 is 0 Å². The molecule has 4 aliphatic carbocycles.